The Bertz CT molecular complexity index is 2000. The third kappa shape index (κ3) is 6.23. The minimum absolute atomic E-state index is 0.0412. The van der Waals surface area contributed by atoms with E-state index in [2.05, 4.69) is 25.0 Å². The smallest absolute Gasteiger partial charge is 0.289 e. The van der Waals surface area contributed by atoms with Crippen LogP contribution in [-0.2, 0) is 21.4 Å². The van der Waals surface area contributed by atoms with E-state index in [1.165, 1.54) is 35.0 Å². The highest BCUT2D eigenvalue weighted by Crippen LogP contribution is 2.34. The number of hydrogen-bond acceptors (Lipinski definition) is 11. The van der Waals surface area contributed by atoms with E-state index < -0.39 is 42.9 Å². The van der Waals surface area contributed by atoms with E-state index in [4.69, 9.17) is 4.74 Å². The first kappa shape index (κ1) is 31.0. The van der Waals surface area contributed by atoms with Crippen molar-refractivity contribution in [2.75, 3.05) is 23.9 Å². The number of sulfonamides is 1. The number of aromatic nitrogens is 4. The van der Waals surface area contributed by atoms with Gasteiger partial charge in [-0.05, 0) is 55.9 Å². The number of anilines is 2. The number of fused-ring (bicyclic) bond motifs is 2. The van der Waals surface area contributed by atoms with Crippen LogP contribution in [0.2, 0.25) is 0 Å². The van der Waals surface area contributed by atoms with E-state index in [0.29, 0.717) is 42.9 Å². The fourth-order valence-electron chi connectivity index (χ4n) is 5.99. The molecule has 17 heteroatoms. The molecule has 6 rings (SSSR count). The average Bonchev–Trinajstić information content (AvgIpc) is 3.05. The largest absolute Gasteiger partial charge is 0.478 e. The summed E-state index contributed by atoms with van der Waals surface area (Å²) in [5.74, 6) is -0.199. The van der Waals surface area contributed by atoms with Crippen molar-refractivity contribution >= 4 is 44.4 Å². The summed E-state index contributed by atoms with van der Waals surface area (Å²) in [5.41, 5.74) is -0.601. The van der Waals surface area contributed by atoms with Crippen molar-refractivity contribution in [1.29, 1.82) is 0 Å². The third-order valence-electron chi connectivity index (χ3n) is 8.38. The Kier molecular flexibility index (Phi) is 8.35. The fourth-order valence-corrected chi connectivity index (χ4v) is 7.46. The van der Waals surface area contributed by atoms with Crippen LogP contribution in [0.15, 0.2) is 64.5 Å². The predicted molar refractivity (Wildman–Crippen MR) is 163 cm³/mol. The van der Waals surface area contributed by atoms with E-state index in [9.17, 15) is 32.5 Å². The maximum atomic E-state index is 14.3. The molecule has 46 heavy (non-hydrogen) atoms. The summed E-state index contributed by atoms with van der Waals surface area (Å²) in [5, 5.41) is 14.3. The van der Waals surface area contributed by atoms with Crippen LogP contribution in [0.1, 0.15) is 25.7 Å². The molecular weight excluding hydrogens is 623 g/mol. The van der Waals surface area contributed by atoms with Crippen molar-refractivity contribution in [1.82, 2.24) is 24.2 Å². The molecule has 0 radical (unpaired) electrons. The summed E-state index contributed by atoms with van der Waals surface area (Å²) in [4.78, 5) is 49.9. The normalized spacial score (nSPS) is 18.7. The van der Waals surface area contributed by atoms with Gasteiger partial charge < -0.3 is 19.5 Å². The number of nitro benzene ring substituents is 1. The molecule has 2 aliphatic rings. The SMILES string of the molecule is CN(c1ncc2c(n1)NC(=O)CO2)C1CCC(C(Cn2c(=O)cnc3ccc(F)cc32)NS(=O)(=O)c2ccccc2[N+](=O)[O-])CC1. The van der Waals surface area contributed by atoms with Crippen molar-refractivity contribution in [3.8, 4) is 5.75 Å². The Morgan fingerprint density at radius 3 is 2.67 bits per heavy atom. The van der Waals surface area contributed by atoms with Crippen molar-refractivity contribution in [2.45, 2.75) is 49.2 Å². The van der Waals surface area contributed by atoms with Gasteiger partial charge in [-0.2, -0.15) is 4.98 Å². The highest BCUT2D eigenvalue weighted by atomic mass is 32.2. The molecule has 1 aliphatic carbocycles. The highest BCUT2D eigenvalue weighted by molar-refractivity contribution is 7.89. The van der Waals surface area contributed by atoms with Crippen molar-refractivity contribution in [3.05, 3.63) is 81.1 Å². The first-order valence-electron chi connectivity index (χ1n) is 14.4. The zero-order chi connectivity index (χ0) is 32.6. The molecule has 2 N–H and O–H groups in total. The quantitative estimate of drug-likeness (QED) is 0.200. The molecule has 1 saturated carbocycles. The number of hydrogen-bond donors (Lipinski definition) is 2. The van der Waals surface area contributed by atoms with Crippen LogP contribution >= 0.6 is 0 Å². The summed E-state index contributed by atoms with van der Waals surface area (Å²) >= 11 is 0. The van der Waals surface area contributed by atoms with E-state index in [-0.39, 0.29) is 42.4 Å². The van der Waals surface area contributed by atoms with Gasteiger partial charge in [0.15, 0.2) is 23.1 Å². The van der Waals surface area contributed by atoms with E-state index >= 15 is 0 Å². The lowest BCUT2D eigenvalue weighted by Crippen LogP contribution is -2.47. The van der Waals surface area contributed by atoms with Gasteiger partial charge in [0.1, 0.15) is 5.82 Å². The number of benzene rings is 2. The molecule has 1 amide bonds. The molecule has 1 unspecified atom stereocenters. The van der Waals surface area contributed by atoms with Gasteiger partial charge >= 0.3 is 0 Å². The van der Waals surface area contributed by atoms with Crippen molar-refractivity contribution in [2.24, 2.45) is 5.92 Å². The lowest BCUT2D eigenvalue weighted by molar-refractivity contribution is -0.387. The maximum Gasteiger partial charge on any atom is 0.289 e. The van der Waals surface area contributed by atoms with Crippen molar-refractivity contribution in [3.63, 3.8) is 0 Å². The second-order valence-electron chi connectivity index (χ2n) is 11.2. The number of ether oxygens (including phenoxy) is 1. The minimum Gasteiger partial charge on any atom is -0.478 e. The number of nitrogens with one attached hydrogen (secondary N) is 2. The van der Waals surface area contributed by atoms with Crippen LogP contribution in [0.3, 0.4) is 0 Å². The van der Waals surface area contributed by atoms with Crippen LogP contribution in [0.25, 0.3) is 11.0 Å². The fraction of sp³-hybridized carbons (Fsp3) is 0.345. The van der Waals surface area contributed by atoms with Crippen LogP contribution in [0.4, 0.5) is 21.8 Å². The van der Waals surface area contributed by atoms with Gasteiger partial charge in [-0.1, -0.05) is 12.1 Å². The van der Waals surface area contributed by atoms with Crippen LogP contribution in [0.5, 0.6) is 5.75 Å². The van der Waals surface area contributed by atoms with E-state index in [1.54, 1.807) is 0 Å². The first-order chi connectivity index (χ1) is 22.0. The molecule has 15 nitrogen and oxygen atoms in total. The Morgan fingerprint density at radius 1 is 1.15 bits per heavy atom. The Morgan fingerprint density at radius 2 is 1.91 bits per heavy atom. The molecule has 240 valence electrons. The van der Waals surface area contributed by atoms with Gasteiger partial charge in [-0.25, -0.2) is 27.5 Å². The third-order valence-corrected chi connectivity index (χ3v) is 9.92. The van der Waals surface area contributed by atoms with Crippen LogP contribution in [0, 0.1) is 21.8 Å². The molecule has 0 bridgehead atoms. The van der Waals surface area contributed by atoms with E-state index in [0.717, 1.165) is 24.4 Å². The lowest BCUT2D eigenvalue weighted by atomic mass is 9.81. The number of para-hydroxylation sites is 1. The second kappa shape index (κ2) is 12.4. The molecule has 4 aromatic rings. The molecule has 2 aromatic heterocycles. The van der Waals surface area contributed by atoms with Gasteiger partial charge in [-0.15, -0.1) is 0 Å². The number of nitrogens with zero attached hydrogens (tertiary/aromatic N) is 6. The summed E-state index contributed by atoms with van der Waals surface area (Å²) in [6.07, 6.45) is 4.79. The van der Waals surface area contributed by atoms with Gasteiger partial charge in [-0.3, -0.25) is 19.7 Å². The minimum atomic E-state index is -4.44. The zero-order valence-corrected chi connectivity index (χ0v) is 25.3. The molecule has 2 aromatic carbocycles. The topological polar surface area (TPSA) is 192 Å². The average molecular weight is 653 g/mol. The molecular formula is C29H29FN8O7S. The highest BCUT2D eigenvalue weighted by Gasteiger charge is 2.35. The van der Waals surface area contributed by atoms with Crippen LogP contribution < -0.4 is 25.2 Å². The molecule has 0 spiro atoms. The number of rotatable bonds is 9. The van der Waals surface area contributed by atoms with E-state index in [1.807, 2.05) is 11.9 Å². The molecule has 1 aliphatic heterocycles. The molecule has 3 heterocycles. The Labute approximate surface area is 261 Å². The Hall–Kier alpha value is -5.03. The summed E-state index contributed by atoms with van der Waals surface area (Å²) in [6.45, 7) is -0.283. The molecule has 0 saturated heterocycles. The number of amides is 1. The summed E-state index contributed by atoms with van der Waals surface area (Å²) in [7, 11) is -2.61. The summed E-state index contributed by atoms with van der Waals surface area (Å²) in [6, 6.07) is 7.88. The monoisotopic (exact) mass is 652 g/mol. The van der Waals surface area contributed by atoms with Gasteiger partial charge in [0, 0.05) is 31.7 Å². The van der Waals surface area contributed by atoms with Gasteiger partial charge in [0.25, 0.3) is 17.2 Å². The lowest BCUT2D eigenvalue weighted by Gasteiger charge is -2.38. The zero-order valence-electron chi connectivity index (χ0n) is 24.5. The van der Waals surface area contributed by atoms with Gasteiger partial charge in [0.2, 0.25) is 16.0 Å². The first-order valence-corrected chi connectivity index (χ1v) is 15.9. The Balaban J connectivity index is 1.28. The van der Waals surface area contributed by atoms with Gasteiger partial charge in [0.05, 0.1) is 28.4 Å². The number of nitro groups is 1. The van der Waals surface area contributed by atoms with Crippen molar-refractivity contribution < 1.29 is 27.3 Å². The maximum absolute atomic E-state index is 14.3. The second-order valence-corrected chi connectivity index (χ2v) is 12.9. The predicted octanol–water partition coefficient (Wildman–Crippen LogP) is 2.61. The number of carbonyl (C=O) groups excluding carboxylic acids is 1. The number of carbonyl (C=O) groups is 1. The van der Waals surface area contributed by atoms with Crippen LogP contribution in [-0.4, -0.2) is 64.5 Å². The summed E-state index contributed by atoms with van der Waals surface area (Å²) < 4.78 is 50.8. The molecule has 1 fully saturated rings. The standard InChI is InChI=1S/C29H29FN8O7S/c1-36(29-32-13-24-28(34-29)33-26(39)16-45-24)19-9-6-17(7-10-19)21(35-46(43,44)25-5-3-2-4-22(25)38(41)42)15-37-23-12-18(30)8-11-20(23)31-14-27(37)40/h2-5,8,11-14,17,19,21,35H,6-7,9-10,15-16H2,1H3,(H,32,33,34,39). The molecule has 1 atom stereocenters. The number of halogens is 1.